The molecule has 1 amide bonds. The van der Waals surface area contributed by atoms with Crippen LogP contribution in [0.25, 0.3) is 12.2 Å². The lowest BCUT2D eigenvalue weighted by atomic mass is 10.2. The number of aromatic nitrogens is 3. The molecule has 0 radical (unpaired) electrons. The lowest BCUT2D eigenvalue weighted by molar-refractivity contribution is -0.116. The number of rotatable bonds is 7. The number of amides is 1. The van der Waals surface area contributed by atoms with Gasteiger partial charge in [-0.25, -0.2) is 4.98 Å². The van der Waals surface area contributed by atoms with E-state index in [1.54, 1.807) is 4.90 Å². The largest absolute Gasteiger partial charge is 0.309 e. The number of hydrogen-bond acceptors (Lipinski definition) is 4. The van der Waals surface area contributed by atoms with Crippen LogP contribution < -0.4 is 4.90 Å². The van der Waals surface area contributed by atoms with E-state index in [9.17, 15) is 4.79 Å². The summed E-state index contributed by atoms with van der Waals surface area (Å²) in [4.78, 5) is 18.9. The molecule has 0 fully saturated rings. The highest BCUT2D eigenvalue weighted by atomic mass is 32.2. The summed E-state index contributed by atoms with van der Waals surface area (Å²) in [5.74, 6) is 0.984. The Morgan fingerprint density at radius 3 is 2.41 bits per heavy atom. The molecule has 138 valence electrons. The van der Waals surface area contributed by atoms with Crippen molar-refractivity contribution in [2.75, 3.05) is 10.7 Å². The molecule has 3 rings (SSSR count). The Morgan fingerprint density at radius 1 is 1.07 bits per heavy atom. The van der Waals surface area contributed by atoms with E-state index in [2.05, 4.69) is 15.2 Å². The average Bonchev–Trinajstić information content (AvgIpc) is 3.14. The first kappa shape index (κ1) is 18.9. The summed E-state index contributed by atoms with van der Waals surface area (Å²) in [7, 11) is 0. The summed E-state index contributed by atoms with van der Waals surface area (Å²) < 4.78 is 0. The monoisotopic (exact) mass is 378 g/mol. The quantitative estimate of drug-likeness (QED) is 0.615. The SMILES string of the molecule is CC(C)N(C(=O)CSc1n[nH]c(/C=C/c2ccccc2)n1)c1ccccc1. The van der Waals surface area contributed by atoms with Gasteiger partial charge in [0.05, 0.1) is 5.75 Å². The van der Waals surface area contributed by atoms with Crippen LogP contribution in [0.1, 0.15) is 25.2 Å². The molecule has 0 aliphatic carbocycles. The molecule has 0 aliphatic rings. The number of anilines is 1. The second kappa shape index (κ2) is 9.19. The van der Waals surface area contributed by atoms with E-state index < -0.39 is 0 Å². The maximum atomic E-state index is 12.7. The second-order valence-corrected chi connectivity index (χ2v) is 7.17. The molecule has 0 aliphatic heterocycles. The number of carbonyl (C=O) groups is 1. The Hall–Kier alpha value is -2.86. The number of aromatic amines is 1. The summed E-state index contributed by atoms with van der Waals surface area (Å²) in [5, 5.41) is 7.63. The highest BCUT2D eigenvalue weighted by Crippen LogP contribution is 2.20. The summed E-state index contributed by atoms with van der Waals surface area (Å²) in [5.41, 5.74) is 1.99. The molecule has 0 saturated heterocycles. The maximum Gasteiger partial charge on any atom is 0.237 e. The van der Waals surface area contributed by atoms with Crippen LogP contribution in [0.2, 0.25) is 0 Å². The van der Waals surface area contributed by atoms with Gasteiger partial charge in [-0.3, -0.25) is 9.89 Å². The summed E-state index contributed by atoms with van der Waals surface area (Å²) in [6.45, 7) is 4.02. The molecular formula is C21H22N4OS. The van der Waals surface area contributed by atoms with Crippen molar-refractivity contribution in [3.8, 4) is 0 Å². The van der Waals surface area contributed by atoms with Crippen molar-refractivity contribution in [2.24, 2.45) is 0 Å². The summed E-state index contributed by atoms with van der Waals surface area (Å²) in [6.07, 6.45) is 3.84. The van der Waals surface area contributed by atoms with Crippen LogP contribution in [-0.2, 0) is 4.79 Å². The van der Waals surface area contributed by atoms with Crippen LogP contribution in [0.5, 0.6) is 0 Å². The molecule has 1 aromatic heterocycles. The number of nitrogens with zero attached hydrogens (tertiary/aromatic N) is 3. The average molecular weight is 379 g/mol. The summed E-state index contributed by atoms with van der Waals surface area (Å²) in [6, 6.07) is 19.8. The molecule has 0 unspecified atom stereocenters. The number of hydrogen-bond donors (Lipinski definition) is 1. The fraction of sp³-hybridized carbons (Fsp3) is 0.190. The van der Waals surface area contributed by atoms with Crippen LogP contribution in [0, 0.1) is 0 Å². The Balaban J connectivity index is 1.60. The third kappa shape index (κ3) is 5.31. The normalized spacial score (nSPS) is 11.2. The number of H-pyrrole nitrogens is 1. The van der Waals surface area contributed by atoms with Crippen molar-refractivity contribution in [3.63, 3.8) is 0 Å². The highest BCUT2D eigenvalue weighted by molar-refractivity contribution is 7.99. The molecule has 1 N–H and O–H groups in total. The van der Waals surface area contributed by atoms with E-state index >= 15 is 0 Å². The van der Waals surface area contributed by atoms with Gasteiger partial charge in [0.15, 0.2) is 0 Å². The van der Waals surface area contributed by atoms with Gasteiger partial charge >= 0.3 is 0 Å². The van der Waals surface area contributed by atoms with Crippen molar-refractivity contribution in [3.05, 3.63) is 72.1 Å². The van der Waals surface area contributed by atoms with Gasteiger partial charge in [0.25, 0.3) is 0 Å². The molecule has 3 aromatic rings. The lowest BCUT2D eigenvalue weighted by Crippen LogP contribution is -2.38. The zero-order valence-electron chi connectivity index (χ0n) is 15.4. The fourth-order valence-electron chi connectivity index (χ4n) is 2.65. The van der Waals surface area contributed by atoms with E-state index in [1.807, 2.05) is 86.7 Å². The van der Waals surface area contributed by atoms with Gasteiger partial charge in [-0.2, -0.15) is 0 Å². The van der Waals surface area contributed by atoms with Gasteiger partial charge in [0.1, 0.15) is 5.82 Å². The van der Waals surface area contributed by atoms with Crippen molar-refractivity contribution in [1.29, 1.82) is 0 Å². The minimum atomic E-state index is 0.0346. The van der Waals surface area contributed by atoms with Crippen molar-refractivity contribution < 1.29 is 4.79 Å². The van der Waals surface area contributed by atoms with Crippen molar-refractivity contribution in [2.45, 2.75) is 25.0 Å². The first-order valence-electron chi connectivity index (χ1n) is 8.79. The molecular weight excluding hydrogens is 356 g/mol. The Labute approximate surface area is 163 Å². The van der Waals surface area contributed by atoms with Gasteiger partial charge < -0.3 is 4.90 Å². The Bertz CT molecular complexity index is 891. The number of para-hydroxylation sites is 1. The maximum absolute atomic E-state index is 12.7. The smallest absolute Gasteiger partial charge is 0.237 e. The molecule has 0 bridgehead atoms. The number of thioether (sulfide) groups is 1. The molecule has 1 heterocycles. The molecule has 0 saturated carbocycles. The predicted octanol–water partition coefficient (Wildman–Crippen LogP) is 4.51. The van der Waals surface area contributed by atoms with Crippen LogP contribution in [0.4, 0.5) is 5.69 Å². The van der Waals surface area contributed by atoms with Crippen LogP contribution in [0.3, 0.4) is 0 Å². The standard InChI is InChI=1S/C21H22N4OS/c1-16(2)25(18-11-7-4-8-12-18)20(26)15-27-21-22-19(23-24-21)14-13-17-9-5-3-6-10-17/h3-14,16H,15H2,1-2H3,(H,22,23,24)/b14-13+. The molecule has 27 heavy (non-hydrogen) atoms. The molecule has 2 aromatic carbocycles. The van der Waals surface area contributed by atoms with Crippen molar-refractivity contribution >= 4 is 35.5 Å². The van der Waals surface area contributed by atoms with Gasteiger partial charge in [0, 0.05) is 11.7 Å². The van der Waals surface area contributed by atoms with E-state index in [1.165, 1.54) is 11.8 Å². The first-order valence-corrected chi connectivity index (χ1v) is 9.77. The van der Waals surface area contributed by atoms with Crippen LogP contribution in [-0.4, -0.2) is 32.9 Å². The predicted molar refractivity (Wildman–Crippen MR) is 112 cm³/mol. The Kier molecular flexibility index (Phi) is 6.44. The van der Waals surface area contributed by atoms with Crippen LogP contribution in [0.15, 0.2) is 65.8 Å². The van der Waals surface area contributed by atoms with E-state index in [-0.39, 0.29) is 17.7 Å². The van der Waals surface area contributed by atoms with E-state index in [0.29, 0.717) is 11.0 Å². The van der Waals surface area contributed by atoms with Gasteiger partial charge in [-0.15, -0.1) is 5.10 Å². The molecule has 0 spiro atoms. The third-order valence-electron chi connectivity index (χ3n) is 3.86. The molecule has 6 heteroatoms. The second-order valence-electron chi connectivity index (χ2n) is 6.23. The minimum absolute atomic E-state index is 0.0346. The van der Waals surface area contributed by atoms with Crippen molar-refractivity contribution in [1.82, 2.24) is 15.2 Å². The fourth-order valence-corrected chi connectivity index (χ4v) is 3.32. The molecule has 5 nitrogen and oxygen atoms in total. The van der Waals surface area contributed by atoms with Gasteiger partial charge in [-0.1, -0.05) is 66.4 Å². The van der Waals surface area contributed by atoms with E-state index in [0.717, 1.165) is 11.3 Å². The first-order chi connectivity index (χ1) is 13.1. The van der Waals surface area contributed by atoms with Crippen LogP contribution >= 0.6 is 11.8 Å². The number of benzene rings is 2. The summed E-state index contributed by atoms with van der Waals surface area (Å²) >= 11 is 1.33. The number of nitrogens with one attached hydrogen (secondary N) is 1. The molecule has 0 atom stereocenters. The lowest BCUT2D eigenvalue weighted by Gasteiger charge is -2.26. The van der Waals surface area contributed by atoms with E-state index in [4.69, 9.17) is 0 Å². The minimum Gasteiger partial charge on any atom is -0.309 e. The topological polar surface area (TPSA) is 61.9 Å². The zero-order valence-corrected chi connectivity index (χ0v) is 16.2. The van der Waals surface area contributed by atoms with Gasteiger partial charge in [0.2, 0.25) is 11.1 Å². The third-order valence-corrected chi connectivity index (χ3v) is 4.69. The highest BCUT2D eigenvalue weighted by Gasteiger charge is 2.19. The number of carbonyl (C=O) groups excluding carboxylic acids is 1. The zero-order chi connectivity index (χ0) is 19.1. The Morgan fingerprint density at radius 2 is 1.74 bits per heavy atom. The van der Waals surface area contributed by atoms with Gasteiger partial charge in [-0.05, 0) is 37.6 Å².